The molecule has 4 rings (SSSR count). The van der Waals surface area contributed by atoms with Gasteiger partial charge in [-0.1, -0.05) is 23.7 Å². The first-order chi connectivity index (χ1) is 15.9. The number of aryl methyl sites for hydroxylation is 1. The molecule has 170 valence electrons. The number of carbonyl (C=O) groups is 2. The maximum absolute atomic E-state index is 13.2. The molecule has 0 bridgehead atoms. The fourth-order valence-corrected chi connectivity index (χ4v) is 5.19. The van der Waals surface area contributed by atoms with E-state index in [1.807, 2.05) is 19.1 Å². The Hall–Kier alpha value is -3.08. The number of carbonyl (C=O) groups excluding carboxylic acids is 2. The number of halogens is 1. The van der Waals surface area contributed by atoms with E-state index in [-0.39, 0.29) is 24.5 Å². The molecule has 0 aliphatic heterocycles. The summed E-state index contributed by atoms with van der Waals surface area (Å²) >= 11 is 8.63. The molecule has 0 spiro atoms. The van der Waals surface area contributed by atoms with Crippen LogP contribution in [0.4, 0.5) is 5.13 Å². The van der Waals surface area contributed by atoms with Gasteiger partial charge in [0, 0.05) is 20.8 Å². The van der Waals surface area contributed by atoms with Crippen molar-refractivity contribution in [1.82, 2.24) is 14.5 Å². The summed E-state index contributed by atoms with van der Waals surface area (Å²) in [5.41, 5.74) is 1.87. The van der Waals surface area contributed by atoms with Crippen molar-refractivity contribution < 1.29 is 14.3 Å². The Morgan fingerprint density at radius 2 is 2.00 bits per heavy atom. The van der Waals surface area contributed by atoms with E-state index in [1.165, 1.54) is 33.6 Å². The molecule has 0 unspecified atom stereocenters. The number of anilines is 1. The number of aromatic nitrogens is 3. The molecule has 0 saturated carbocycles. The molecule has 0 atom stereocenters. The van der Waals surface area contributed by atoms with Gasteiger partial charge in [-0.25, -0.2) is 9.97 Å². The van der Waals surface area contributed by atoms with E-state index < -0.39 is 5.91 Å². The molecule has 3 aromatic heterocycles. The number of nitrogens with zero attached hydrogens (tertiary/aromatic N) is 3. The highest BCUT2D eigenvalue weighted by molar-refractivity contribution is 7.19. The highest BCUT2D eigenvalue weighted by atomic mass is 35.5. The lowest BCUT2D eigenvalue weighted by molar-refractivity contribution is -0.142. The van der Waals surface area contributed by atoms with E-state index in [0.717, 1.165) is 16.0 Å². The van der Waals surface area contributed by atoms with Crippen molar-refractivity contribution >= 4 is 61.5 Å². The minimum atomic E-state index is -0.421. The smallest absolute Gasteiger partial charge is 0.311 e. The minimum absolute atomic E-state index is 0.0330. The number of benzene rings is 1. The Bertz CT molecular complexity index is 1390. The second-order valence-electron chi connectivity index (χ2n) is 7.07. The van der Waals surface area contributed by atoms with Crippen molar-refractivity contribution in [2.75, 3.05) is 11.9 Å². The van der Waals surface area contributed by atoms with Crippen molar-refractivity contribution in [2.45, 2.75) is 26.8 Å². The summed E-state index contributed by atoms with van der Waals surface area (Å²) in [4.78, 5) is 47.6. The van der Waals surface area contributed by atoms with Gasteiger partial charge in [0.15, 0.2) is 5.13 Å². The van der Waals surface area contributed by atoms with Gasteiger partial charge in [-0.05, 0) is 31.5 Å². The summed E-state index contributed by atoms with van der Waals surface area (Å²) in [6.45, 7) is 3.74. The average molecular weight is 503 g/mol. The predicted molar refractivity (Wildman–Crippen MR) is 130 cm³/mol. The molecule has 1 aromatic carbocycles. The van der Waals surface area contributed by atoms with Crippen LogP contribution in [0.15, 0.2) is 40.8 Å². The Morgan fingerprint density at radius 1 is 1.24 bits per heavy atom. The molecule has 0 saturated heterocycles. The molecule has 0 fully saturated rings. The van der Waals surface area contributed by atoms with E-state index in [2.05, 4.69) is 15.3 Å². The zero-order valence-corrected chi connectivity index (χ0v) is 20.1. The van der Waals surface area contributed by atoms with Gasteiger partial charge >= 0.3 is 5.97 Å². The SMILES string of the molecule is CCOC(=O)Cc1csc(NC(=O)Cn2cnc3sc(C)c(-c4ccc(Cl)cc4)c3c2=O)n1. The number of nitrogens with one attached hydrogen (secondary N) is 1. The molecule has 3 heterocycles. The number of fused-ring (bicyclic) bond motifs is 1. The lowest BCUT2D eigenvalue weighted by Gasteiger charge is -2.07. The topological polar surface area (TPSA) is 103 Å². The number of hydrogen-bond acceptors (Lipinski definition) is 8. The highest BCUT2D eigenvalue weighted by Crippen LogP contribution is 2.35. The van der Waals surface area contributed by atoms with E-state index in [0.29, 0.717) is 32.7 Å². The fourth-order valence-electron chi connectivity index (χ4n) is 3.33. The van der Waals surface area contributed by atoms with Crippen LogP contribution in [0.3, 0.4) is 0 Å². The molecule has 4 aromatic rings. The molecular formula is C22H19ClN4O4S2. The van der Waals surface area contributed by atoms with Gasteiger partial charge in [0.05, 0.1) is 30.4 Å². The summed E-state index contributed by atoms with van der Waals surface area (Å²) in [6, 6.07) is 7.26. The van der Waals surface area contributed by atoms with Gasteiger partial charge in [-0.15, -0.1) is 22.7 Å². The minimum Gasteiger partial charge on any atom is -0.466 e. The normalized spacial score (nSPS) is 11.0. The first-order valence-corrected chi connectivity index (χ1v) is 12.1. The van der Waals surface area contributed by atoms with Crippen LogP contribution in [0.5, 0.6) is 0 Å². The largest absolute Gasteiger partial charge is 0.466 e. The van der Waals surface area contributed by atoms with Crippen LogP contribution in [0, 0.1) is 6.92 Å². The van der Waals surface area contributed by atoms with Crippen LogP contribution in [0.25, 0.3) is 21.3 Å². The Kier molecular flexibility index (Phi) is 6.87. The fraction of sp³-hybridized carbons (Fsp3) is 0.227. The monoisotopic (exact) mass is 502 g/mol. The molecule has 33 heavy (non-hydrogen) atoms. The molecule has 11 heteroatoms. The number of thiophene rings is 1. The molecule has 8 nitrogen and oxygen atoms in total. The third-order valence-electron chi connectivity index (χ3n) is 4.73. The number of amides is 1. The number of hydrogen-bond donors (Lipinski definition) is 1. The summed E-state index contributed by atoms with van der Waals surface area (Å²) in [5, 5.41) is 5.77. The Labute approximate surface area is 201 Å². The Balaban J connectivity index is 1.55. The molecule has 0 radical (unpaired) electrons. The van der Waals surface area contributed by atoms with Crippen molar-refractivity contribution in [3.63, 3.8) is 0 Å². The summed E-state index contributed by atoms with van der Waals surface area (Å²) in [6.07, 6.45) is 1.41. The number of thiazole rings is 1. The quantitative estimate of drug-likeness (QED) is 0.378. The van der Waals surface area contributed by atoms with Gasteiger partial charge in [-0.3, -0.25) is 19.0 Å². The average Bonchev–Trinajstić information content (AvgIpc) is 3.34. The third-order valence-corrected chi connectivity index (χ3v) is 6.80. The van der Waals surface area contributed by atoms with Crippen LogP contribution in [-0.2, 0) is 27.3 Å². The first-order valence-electron chi connectivity index (χ1n) is 10.00. The van der Waals surface area contributed by atoms with Crippen molar-refractivity contribution in [3.05, 3.63) is 61.9 Å². The summed E-state index contributed by atoms with van der Waals surface area (Å²) in [7, 11) is 0. The number of esters is 1. The lowest BCUT2D eigenvalue weighted by Crippen LogP contribution is -2.27. The molecule has 0 aliphatic rings. The second kappa shape index (κ2) is 9.82. The van der Waals surface area contributed by atoms with Crippen LogP contribution in [0.1, 0.15) is 17.5 Å². The van der Waals surface area contributed by atoms with E-state index in [1.54, 1.807) is 24.4 Å². The van der Waals surface area contributed by atoms with Gasteiger partial charge in [0.2, 0.25) is 5.91 Å². The number of ether oxygens (including phenoxy) is 1. The van der Waals surface area contributed by atoms with Crippen molar-refractivity contribution in [2.24, 2.45) is 0 Å². The molecule has 1 N–H and O–H groups in total. The Morgan fingerprint density at radius 3 is 2.73 bits per heavy atom. The van der Waals surface area contributed by atoms with Crippen molar-refractivity contribution in [3.8, 4) is 11.1 Å². The number of rotatable bonds is 7. The molecule has 0 aliphatic carbocycles. The molecular weight excluding hydrogens is 484 g/mol. The summed E-state index contributed by atoms with van der Waals surface area (Å²) in [5.74, 6) is -0.801. The first kappa shape index (κ1) is 23.1. The van der Waals surface area contributed by atoms with E-state index >= 15 is 0 Å². The molecule has 1 amide bonds. The highest BCUT2D eigenvalue weighted by Gasteiger charge is 2.18. The lowest BCUT2D eigenvalue weighted by atomic mass is 10.0. The van der Waals surface area contributed by atoms with Crippen LogP contribution < -0.4 is 10.9 Å². The van der Waals surface area contributed by atoms with Gasteiger partial charge in [0.1, 0.15) is 11.4 Å². The zero-order chi connectivity index (χ0) is 23.5. The zero-order valence-electron chi connectivity index (χ0n) is 17.8. The van der Waals surface area contributed by atoms with Crippen LogP contribution in [0.2, 0.25) is 5.02 Å². The summed E-state index contributed by atoms with van der Waals surface area (Å²) < 4.78 is 6.17. The maximum atomic E-state index is 13.2. The van der Waals surface area contributed by atoms with E-state index in [9.17, 15) is 14.4 Å². The predicted octanol–water partition coefficient (Wildman–Crippen LogP) is 4.29. The van der Waals surface area contributed by atoms with E-state index in [4.69, 9.17) is 16.3 Å². The van der Waals surface area contributed by atoms with Gasteiger partial charge in [0.25, 0.3) is 5.56 Å². The second-order valence-corrected chi connectivity index (χ2v) is 9.57. The van der Waals surface area contributed by atoms with Gasteiger partial charge in [-0.2, -0.15) is 0 Å². The standard InChI is InChI=1S/C22H19ClN4O4S2/c1-3-31-17(29)8-15-10-32-22(25-15)26-16(28)9-27-11-24-20-19(21(27)30)18(12(2)33-20)13-4-6-14(23)7-5-13/h4-7,10-11H,3,8-9H2,1-2H3,(H,25,26,28). The maximum Gasteiger partial charge on any atom is 0.311 e. The van der Waals surface area contributed by atoms with Crippen LogP contribution in [-0.4, -0.2) is 33.0 Å². The van der Waals surface area contributed by atoms with Crippen LogP contribution >= 0.6 is 34.3 Å². The van der Waals surface area contributed by atoms with Gasteiger partial charge < -0.3 is 10.1 Å². The van der Waals surface area contributed by atoms with Crippen molar-refractivity contribution in [1.29, 1.82) is 0 Å². The third kappa shape index (κ3) is 5.13.